The fourth-order valence-electron chi connectivity index (χ4n) is 3.73. The van der Waals surface area contributed by atoms with Crippen molar-refractivity contribution in [2.24, 2.45) is 0 Å². The van der Waals surface area contributed by atoms with Gasteiger partial charge in [0, 0.05) is 29.7 Å². The lowest BCUT2D eigenvalue weighted by Gasteiger charge is -2.33. The van der Waals surface area contributed by atoms with E-state index in [4.69, 9.17) is 44.1 Å². The topological polar surface area (TPSA) is 140 Å². The molecule has 1 aliphatic heterocycles. The van der Waals surface area contributed by atoms with Crippen molar-refractivity contribution in [3.63, 3.8) is 0 Å². The van der Waals surface area contributed by atoms with Gasteiger partial charge in [0.25, 0.3) is 0 Å². The molecule has 0 unspecified atom stereocenters. The highest BCUT2D eigenvalue weighted by Crippen LogP contribution is 2.37. The minimum atomic E-state index is -0.0925. The zero-order valence-electron chi connectivity index (χ0n) is 19.4. The van der Waals surface area contributed by atoms with Gasteiger partial charge in [0.15, 0.2) is 5.82 Å². The number of hydrogen-bond donors (Lipinski definition) is 4. The van der Waals surface area contributed by atoms with Gasteiger partial charge < -0.3 is 20.7 Å². The van der Waals surface area contributed by atoms with Gasteiger partial charge >= 0.3 is 0 Å². The zero-order chi connectivity index (χ0) is 25.8. The maximum Gasteiger partial charge on any atom is 0.241 e. The van der Waals surface area contributed by atoms with Gasteiger partial charge in [-0.3, -0.25) is 20.1 Å². The van der Waals surface area contributed by atoms with Crippen LogP contribution >= 0.6 is 23.2 Å². The summed E-state index contributed by atoms with van der Waals surface area (Å²) in [7, 11) is 1.90. The Labute approximate surface area is 217 Å². The van der Waals surface area contributed by atoms with Gasteiger partial charge in [0.1, 0.15) is 18.1 Å². The minimum Gasteiger partial charge on any atom is -0.476 e. The Bertz CT molecular complexity index is 1260. The summed E-state index contributed by atoms with van der Waals surface area (Å²) in [6, 6.07) is 11.6. The molecule has 1 aromatic carbocycles. The molecule has 0 aliphatic carbocycles. The number of carbonyl (C=O) groups is 1. The summed E-state index contributed by atoms with van der Waals surface area (Å²) < 4.78 is 5.83. The van der Waals surface area contributed by atoms with Crippen LogP contribution in [0.1, 0.15) is 0 Å². The molecule has 13 heteroatoms. The lowest BCUT2D eigenvalue weighted by molar-refractivity contribution is -0.120. The van der Waals surface area contributed by atoms with Crippen molar-refractivity contribution >= 4 is 52.1 Å². The molecule has 0 atom stereocenters. The van der Waals surface area contributed by atoms with E-state index >= 15 is 0 Å². The number of likely N-dealkylation sites (N-methyl/N-ethyl adjacent to an activating group) is 1. The third-order valence-corrected chi connectivity index (χ3v) is 6.06. The number of nitrogens with two attached hydrogens (primary N) is 1. The minimum absolute atomic E-state index is 0.0296. The lowest BCUT2D eigenvalue weighted by Crippen LogP contribution is -2.49. The van der Waals surface area contributed by atoms with E-state index in [1.54, 1.807) is 41.3 Å². The molecule has 0 bridgehead atoms. The molecule has 1 aliphatic rings. The molecule has 2 aromatic heterocycles. The number of nitrogens with one attached hydrogen (secondary N) is 1. The normalized spacial score (nSPS) is 14.1. The van der Waals surface area contributed by atoms with Crippen LogP contribution in [0.5, 0.6) is 5.88 Å². The Morgan fingerprint density at radius 3 is 2.64 bits per heavy atom. The van der Waals surface area contributed by atoms with Crippen LogP contribution in [0.3, 0.4) is 0 Å². The fraction of sp³-hybridized carbons (Fsp3) is 0.261. The Morgan fingerprint density at radius 1 is 1.14 bits per heavy atom. The lowest BCUT2D eigenvalue weighted by atomic mass is 10.1. The first-order valence-corrected chi connectivity index (χ1v) is 11.7. The van der Waals surface area contributed by atoms with Gasteiger partial charge in [0.2, 0.25) is 11.8 Å². The van der Waals surface area contributed by atoms with Crippen molar-refractivity contribution in [2.75, 3.05) is 61.0 Å². The molecule has 4 rings (SSSR count). The monoisotopic (exact) mass is 533 g/mol. The third-order valence-electron chi connectivity index (χ3n) is 5.51. The van der Waals surface area contributed by atoms with Crippen LogP contribution in [0.25, 0.3) is 11.3 Å². The predicted molar refractivity (Wildman–Crippen MR) is 138 cm³/mol. The maximum atomic E-state index is 12.8. The van der Waals surface area contributed by atoms with Gasteiger partial charge in [-0.15, -0.1) is 5.23 Å². The average Bonchev–Trinajstić information content (AvgIpc) is 2.82. The molecule has 1 fully saturated rings. The second-order valence-electron chi connectivity index (χ2n) is 8.09. The number of amides is 1. The summed E-state index contributed by atoms with van der Waals surface area (Å²) in [5, 5.41) is 22.0. The van der Waals surface area contributed by atoms with E-state index in [0.29, 0.717) is 58.3 Å². The number of rotatable bonds is 8. The zero-order valence-corrected chi connectivity index (χ0v) is 20.9. The van der Waals surface area contributed by atoms with E-state index in [1.165, 1.54) is 6.07 Å². The molecular weight excluding hydrogens is 509 g/mol. The van der Waals surface area contributed by atoms with Crippen molar-refractivity contribution in [1.29, 1.82) is 0 Å². The second-order valence-corrected chi connectivity index (χ2v) is 8.93. The molecule has 3 aromatic rings. The SMILES string of the molecule is CN1CCN(c2ccc(OCCNc3ccc(N(O)O)c(N)n3)nc2-c2ccc(Cl)cc2Cl)C(=O)C1. The van der Waals surface area contributed by atoms with E-state index in [-0.39, 0.29) is 29.2 Å². The Morgan fingerprint density at radius 2 is 1.94 bits per heavy atom. The van der Waals surface area contributed by atoms with Gasteiger partial charge in [0.05, 0.1) is 29.5 Å². The predicted octanol–water partition coefficient (Wildman–Crippen LogP) is 3.39. The molecular formula is C23H25Cl2N7O4. The largest absolute Gasteiger partial charge is 0.476 e. The number of carbonyl (C=O) groups excluding carboxylic acids is 1. The Kier molecular flexibility index (Phi) is 7.97. The van der Waals surface area contributed by atoms with Crippen LogP contribution in [0.4, 0.5) is 23.0 Å². The highest BCUT2D eigenvalue weighted by atomic mass is 35.5. The number of ether oxygens (including phenoxy) is 1. The number of nitrogen functional groups attached to an aromatic ring is 1. The number of pyridine rings is 2. The smallest absolute Gasteiger partial charge is 0.241 e. The number of nitrogens with zero attached hydrogens (tertiary/aromatic N) is 5. The molecule has 1 amide bonds. The Hall–Kier alpha value is -3.35. The molecule has 0 spiro atoms. The molecule has 3 heterocycles. The van der Waals surface area contributed by atoms with Crippen molar-refractivity contribution < 1.29 is 19.9 Å². The average molecular weight is 534 g/mol. The first-order valence-electron chi connectivity index (χ1n) is 11.0. The summed E-state index contributed by atoms with van der Waals surface area (Å²) in [6.45, 7) is 2.18. The third kappa shape index (κ3) is 5.89. The number of halogens is 2. The summed E-state index contributed by atoms with van der Waals surface area (Å²) in [6.07, 6.45) is 0. The van der Waals surface area contributed by atoms with E-state index < -0.39 is 0 Å². The van der Waals surface area contributed by atoms with Crippen LogP contribution in [0, 0.1) is 0 Å². The molecule has 11 nitrogen and oxygen atoms in total. The van der Waals surface area contributed by atoms with E-state index in [1.807, 2.05) is 11.9 Å². The van der Waals surface area contributed by atoms with Crippen LogP contribution in [0.2, 0.25) is 10.0 Å². The van der Waals surface area contributed by atoms with E-state index in [0.717, 1.165) is 6.54 Å². The summed E-state index contributed by atoms with van der Waals surface area (Å²) >= 11 is 12.6. The highest BCUT2D eigenvalue weighted by Gasteiger charge is 2.26. The van der Waals surface area contributed by atoms with Crippen molar-refractivity contribution in [3.8, 4) is 17.1 Å². The van der Waals surface area contributed by atoms with E-state index in [9.17, 15) is 4.79 Å². The molecule has 0 saturated carbocycles. The summed E-state index contributed by atoms with van der Waals surface area (Å²) in [5.74, 6) is 0.707. The number of aromatic nitrogens is 2. The molecule has 1 saturated heterocycles. The highest BCUT2D eigenvalue weighted by molar-refractivity contribution is 6.36. The van der Waals surface area contributed by atoms with Crippen LogP contribution < -0.4 is 25.9 Å². The van der Waals surface area contributed by atoms with Gasteiger partial charge in [-0.25, -0.2) is 9.97 Å². The molecule has 0 radical (unpaired) electrons. The number of anilines is 4. The van der Waals surface area contributed by atoms with E-state index in [2.05, 4.69) is 15.3 Å². The molecule has 5 N–H and O–H groups in total. The number of hydrogen-bond acceptors (Lipinski definition) is 10. The van der Waals surface area contributed by atoms with Crippen LogP contribution in [-0.4, -0.2) is 71.0 Å². The number of benzene rings is 1. The van der Waals surface area contributed by atoms with Gasteiger partial charge in [-0.2, -0.15) is 0 Å². The summed E-state index contributed by atoms with van der Waals surface area (Å²) in [4.78, 5) is 25.2. The second kappa shape index (κ2) is 11.1. The quantitative estimate of drug-likeness (QED) is 0.251. The van der Waals surface area contributed by atoms with Crippen LogP contribution in [0.15, 0.2) is 42.5 Å². The van der Waals surface area contributed by atoms with Gasteiger partial charge in [-0.1, -0.05) is 23.2 Å². The first-order chi connectivity index (χ1) is 17.2. The number of piperazine rings is 1. The first kappa shape index (κ1) is 25.7. The summed E-state index contributed by atoms with van der Waals surface area (Å²) in [5.41, 5.74) is 7.46. The fourth-order valence-corrected chi connectivity index (χ4v) is 4.23. The maximum absolute atomic E-state index is 12.8. The van der Waals surface area contributed by atoms with Crippen molar-refractivity contribution in [3.05, 3.63) is 52.5 Å². The van der Waals surface area contributed by atoms with Crippen molar-refractivity contribution in [1.82, 2.24) is 14.9 Å². The molecule has 36 heavy (non-hydrogen) atoms. The van der Waals surface area contributed by atoms with Crippen LogP contribution in [-0.2, 0) is 4.79 Å². The molecule has 190 valence electrons. The standard InChI is InChI=1S/C23H25Cl2N7O4/c1-30-9-10-31(21(33)13-30)17-5-7-20(29-22(17)15-3-2-14(24)12-16(15)25)36-11-8-27-19-6-4-18(32(34)35)23(26)28-19/h2-7,12,34-35H,8-11,13H2,1H3,(H3,26,27,28). The van der Waals surface area contributed by atoms with Gasteiger partial charge in [-0.05, 0) is 43.4 Å². The van der Waals surface area contributed by atoms with Crippen molar-refractivity contribution in [2.45, 2.75) is 0 Å². The Balaban J connectivity index is 1.51.